The Morgan fingerprint density at radius 1 is 1.47 bits per heavy atom. The van der Waals surface area contributed by atoms with Crippen LogP contribution in [0.2, 0.25) is 0 Å². The van der Waals surface area contributed by atoms with E-state index in [0.29, 0.717) is 13.0 Å². The van der Waals surface area contributed by atoms with Crippen LogP contribution in [0.25, 0.3) is 0 Å². The van der Waals surface area contributed by atoms with Crippen LogP contribution in [0, 0.1) is 0 Å². The van der Waals surface area contributed by atoms with Crippen molar-refractivity contribution >= 4 is 5.91 Å². The molecule has 0 saturated carbocycles. The summed E-state index contributed by atoms with van der Waals surface area (Å²) in [5.74, 6) is 0.168. The van der Waals surface area contributed by atoms with E-state index in [2.05, 4.69) is 15.4 Å². The lowest BCUT2D eigenvalue weighted by Crippen LogP contribution is -2.33. The van der Waals surface area contributed by atoms with Crippen LogP contribution in [0.4, 0.5) is 8.78 Å². The van der Waals surface area contributed by atoms with E-state index in [-0.39, 0.29) is 23.7 Å². The minimum absolute atomic E-state index is 0.0273. The fraction of sp³-hybridized carbons (Fsp3) is 0.462. The van der Waals surface area contributed by atoms with E-state index in [4.69, 9.17) is 0 Å². The first kappa shape index (κ1) is 13.7. The normalized spacial score (nSPS) is 20.4. The highest BCUT2D eigenvalue weighted by Gasteiger charge is 2.23. The lowest BCUT2D eigenvalue weighted by molar-refractivity contribution is -0.119. The number of carbonyl (C=O) groups is 1. The van der Waals surface area contributed by atoms with Gasteiger partial charge in [-0.15, -0.1) is 0 Å². The largest absolute Gasteiger partial charge is 0.435 e. The van der Waals surface area contributed by atoms with Crippen LogP contribution < -0.4 is 15.4 Å². The van der Waals surface area contributed by atoms with Crippen LogP contribution in [0.3, 0.4) is 0 Å². The van der Waals surface area contributed by atoms with Gasteiger partial charge in [-0.05, 0) is 24.6 Å². The maximum atomic E-state index is 12.1. The Labute approximate surface area is 110 Å². The highest BCUT2D eigenvalue weighted by Crippen LogP contribution is 2.21. The fourth-order valence-electron chi connectivity index (χ4n) is 2.13. The molecule has 19 heavy (non-hydrogen) atoms. The molecular weight excluding hydrogens is 254 g/mol. The molecule has 2 N–H and O–H groups in total. The van der Waals surface area contributed by atoms with Gasteiger partial charge in [-0.3, -0.25) is 4.79 Å². The molecule has 1 aliphatic rings. The number of ether oxygens (including phenoxy) is 1. The second-order valence-corrected chi connectivity index (χ2v) is 4.54. The zero-order valence-corrected chi connectivity index (χ0v) is 10.5. The van der Waals surface area contributed by atoms with E-state index in [1.54, 1.807) is 12.1 Å². The molecular formula is C13H16F2N2O2. The number of rotatable bonds is 5. The summed E-state index contributed by atoms with van der Waals surface area (Å²) in [6, 6.07) is 6.60. The van der Waals surface area contributed by atoms with Crippen molar-refractivity contribution in [2.75, 3.05) is 6.54 Å². The van der Waals surface area contributed by atoms with Crippen molar-refractivity contribution in [1.82, 2.24) is 10.6 Å². The number of halogens is 2. The third-order valence-electron chi connectivity index (χ3n) is 3.05. The highest BCUT2D eigenvalue weighted by atomic mass is 19.3. The molecule has 6 heteroatoms. The summed E-state index contributed by atoms with van der Waals surface area (Å²) in [5.41, 5.74) is 0.845. The van der Waals surface area contributed by atoms with Gasteiger partial charge in [0, 0.05) is 25.0 Å². The number of hydrogen-bond donors (Lipinski definition) is 2. The summed E-state index contributed by atoms with van der Waals surface area (Å²) >= 11 is 0. The van der Waals surface area contributed by atoms with Gasteiger partial charge < -0.3 is 15.4 Å². The molecule has 0 bridgehead atoms. The van der Waals surface area contributed by atoms with Crippen LogP contribution in [-0.4, -0.2) is 25.1 Å². The number of carbonyl (C=O) groups excluding carboxylic acids is 1. The highest BCUT2D eigenvalue weighted by molar-refractivity contribution is 5.78. The van der Waals surface area contributed by atoms with Crippen molar-refractivity contribution in [1.29, 1.82) is 0 Å². The SMILES string of the molecule is CC(NC1CNC(=O)C1)c1cccc(OC(F)F)c1. The van der Waals surface area contributed by atoms with Crippen molar-refractivity contribution in [2.45, 2.75) is 32.0 Å². The van der Waals surface area contributed by atoms with Gasteiger partial charge in [0.2, 0.25) is 5.91 Å². The van der Waals surface area contributed by atoms with E-state index in [9.17, 15) is 13.6 Å². The first-order chi connectivity index (χ1) is 9.04. The average molecular weight is 270 g/mol. The van der Waals surface area contributed by atoms with Crippen molar-refractivity contribution in [3.05, 3.63) is 29.8 Å². The van der Waals surface area contributed by atoms with E-state index in [1.165, 1.54) is 6.07 Å². The second kappa shape index (κ2) is 5.97. The van der Waals surface area contributed by atoms with Gasteiger partial charge in [0.1, 0.15) is 5.75 Å². The average Bonchev–Trinajstić information content (AvgIpc) is 2.74. The molecule has 1 amide bonds. The van der Waals surface area contributed by atoms with Gasteiger partial charge in [-0.2, -0.15) is 8.78 Å². The summed E-state index contributed by atoms with van der Waals surface area (Å²) in [6.07, 6.45) is 0.442. The van der Waals surface area contributed by atoms with Gasteiger partial charge in [-0.25, -0.2) is 0 Å². The molecule has 1 fully saturated rings. The Kier molecular flexibility index (Phi) is 4.31. The molecule has 4 nitrogen and oxygen atoms in total. The predicted molar refractivity (Wildman–Crippen MR) is 66.0 cm³/mol. The molecule has 1 saturated heterocycles. The van der Waals surface area contributed by atoms with Crippen molar-refractivity contribution < 1.29 is 18.3 Å². The van der Waals surface area contributed by atoms with Crippen LogP contribution in [0.1, 0.15) is 24.9 Å². The zero-order valence-electron chi connectivity index (χ0n) is 10.5. The monoisotopic (exact) mass is 270 g/mol. The minimum Gasteiger partial charge on any atom is -0.435 e. The molecule has 2 atom stereocenters. The Bertz CT molecular complexity index is 454. The summed E-state index contributed by atoms with van der Waals surface area (Å²) in [4.78, 5) is 11.1. The zero-order chi connectivity index (χ0) is 13.8. The fourth-order valence-corrected chi connectivity index (χ4v) is 2.13. The first-order valence-electron chi connectivity index (χ1n) is 6.12. The van der Waals surface area contributed by atoms with Crippen molar-refractivity contribution in [3.8, 4) is 5.75 Å². The topological polar surface area (TPSA) is 50.4 Å². The molecule has 0 spiro atoms. The number of hydrogen-bond acceptors (Lipinski definition) is 3. The Balaban J connectivity index is 1.98. The molecule has 2 rings (SSSR count). The van der Waals surface area contributed by atoms with Crippen molar-refractivity contribution in [3.63, 3.8) is 0 Å². The molecule has 2 unspecified atom stereocenters. The maximum Gasteiger partial charge on any atom is 0.387 e. The number of benzene rings is 1. The van der Waals surface area contributed by atoms with Crippen LogP contribution in [-0.2, 0) is 4.79 Å². The smallest absolute Gasteiger partial charge is 0.387 e. The Morgan fingerprint density at radius 3 is 2.89 bits per heavy atom. The quantitative estimate of drug-likeness (QED) is 0.858. The lowest BCUT2D eigenvalue weighted by Gasteiger charge is -2.19. The van der Waals surface area contributed by atoms with Gasteiger partial charge in [0.05, 0.1) is 0 Å². The second-order valence-electron chi connectivity index (χ2n) is 4.54. The van der Waals surface area contributed by atoms with E-state index < -0.39 is 6.61 Å². The molecule has 0 radical (unpaired) electrons. The number of nitrogens with one attached hydrogen (secondary N) is 2. The van der Waals surface area contributed by atoms with E-state index in [0.717, 1.165) is 5.56 Å². The summed E-state index contributed by atoms with van der Waals surface area (Å²) in [5, 5.41) is 6.02. The molecule has 1 aliphatic heterocycles. The summed E-state index contributed by atoms with van der Waals surface area (Å²) < 4.78 is 28.6. The third-order valence-corrected chi connectivity index (χ3v) is 3.05. The molecule has 1 heterocycles. The molecule has 1 aromatic rings. The standard InChI is InChI=1S/C13H16F2N2O2/c1-8(17-10-6-12(18)16-7-10)9-3-2-4-11(5-9)19-13(14)15/h2-5,8,10,13,17H,6-7H2,1H3,(H,16,18). The van der Waals surface area contributed by atoms with Crippen molar-refractivity contribution in [2.24, 2.45) is 0 Å². The number of alkyl halides is 2. The van der Waals surface area contributed by atoms with Crippen LogP contribution in [0.15, 0.2) is 24.3 Å². The maximum absolute atomic E-state index is 12.1. The van der Waals surface area contributed by atoms with Gasteiger partial charge in [0.15, 0.2) is 0 Å². The third kappa shape index (κ3) is 3.89. The molecule has 1 aromatic carbocycles. The van der Waals surface area contributed by atoms with Gasteiger partial charge >= 0.3 is 6.61 Å². The Morgan fingerprint density at radius 2 is 2.26 bits per heavy atom. The lowest BCUT2D eigenvalue weighted by atomic mass is 10.1. The first-order valence-corrected chi connectivity index (χ1v) is 6.12. The summed E-state index contributed by atoms with van der Waals surface area (Å²) in [6.45, 7) is -0.309. The molecule has 0 aromatic heterocycles. The van der Waals surface area contributed by atoms with Gasteiger partial charge in [-0.1, -0.05) is 12.1 Å². The van der Waals surface area contributed by atoms with Crippen LogP contribution in [0.5, 0.6) is 5.75 Å². The Hall–Kier alpha value is -1.69. The summed E-state index contributed by atoms with van der Waals surface area (Å²) in [7, 11) is 0. The minimum atomic E-state index is -2.82. The number of amides is 1. The van der Waals surface area contributed by atoms with Crippen LogP contribution >= 0.6 is 0 Å². The molecule has 104 valence electrons. The van der Waals surface area contributed by atoms with Gasteiger partial charge in [0.25, 0.3) is 0 Å². The predicted octanol–water partition coefficient (Wildman–Crippen LogP) is 1.83. The molecule has 0 aliphatic carbocycles. The van der Waals surface area contributed by atoms with E-state index >= 15 is 0 Å². The van der Waals surface area contributed by atoms with E-state index in [1.807, 2.05) is 13.0 Å².